The summed E-state index contributed by atoms with van der Waals surface area (Å²) in [5.74, 6) is 1.44. The van der Waals surface area contributed by atoms with E-state index in [1.807, 2.05) is 48.7 Å². The predicted octanol–water partition coefficient (Wildman–Crippen LogP) is 1.78. The van der Waals surface area contributed by atoms with Crippen LogP contribution in [-0.2, 0) is 10.0 Å². The molecule has 0 bridgehead atoms. The van der Waals surface area contributed by atoms with E-state index in [1.54, 1.807) is 17.0 Å². The summed E-state index contributed by atoms with van der Waals surface area (Å²) in [4.78, 5) is 10.6. The Balaban J connectivity index is 1.42. The molecule has 8 nitrogen and oxygen atoms in total. The molecule has 1 fully saturated rings. The zero-order chi connectivity index (χ0) is 19.4. The van der Waals surface area contributed by atoms with Gasteiger partial charge in [-0.1, -0.05) is 30.3 Å². The number of hydrogen-bond acceptors (Lipinski definition) is 6. The van der Waals surface area contributed by atoms with Crippen molar-refractivity contribution in [1.29, 1.82) is 0 Å². The first-order valence-corrected chi connectivity index (χ1v) is 10.4. The van der Waals surface area contributed by atoms with Crippen molar-refractivity contribution in [3.8, 4) is 5.82 Å². The topological polar surface area (TPSA) is 84.2 Å². The largest absolute Gasteiger partial charge is 0.354 e. The second-order valence-corrected chi connectivity index (χ2v) is 8.15. The van der Waals surface area contributed by atoms with E-state index in [9.17, 15) is 8.42 Å². The lowest BCUT2D eigenvalue weighted by molar-refractivity contribution is 0.389. The number of benzene rings is 1. The van der Waals surface area contributed by atoms with Crippen LogP contribution in [0.25, 0.3) is 11.9 Å². The van der Waals surface area contributed by atoms with E-state index in [0.29, 0.717) is 32.0 Å². The minimum absolute atomic E-state index is 0.405. The third-order valence-electron chi connectivity index (χ3n) is 4.53. The van der Waals surface area contributed by atoms with Crippen molar-refractivity contribution in [1.82, 2.24) is 24.1 Å². The monoisotopic (exact) mass is 396 g/mol. The molecule has 0 amide bonds. The van der Waals surface area contributed by atoms with Gasteiger partial charge in [-0.05, 0) is 17.7 Å². The Kier molecular flexibility index (Phi) is 5.18. The van der Waals surface area contributed by atoms with Crippen molar-refractivity contribution in [3.05, 3.63) is 72.2 Å². The van der Waals surface area contributed by atoms with Crippen LogP contribution < -0.4 is 4.90 Å². The summed E-state index contributed by atoms with van der Waals surface area (Å²) in [5.41, 5.74) is 0.858. The highest BCUT2D eigenvalue weighted by atomic mass is 32.2. The molecule has 0 aliphatic carbocycles. The molecule has 2 aromatic heterocycles. The summed E-state index contributed by atoms with van der Waals surface area (Å²) in [5, 5.41) is 5.45. The van der Waals surface area contributed by atoms with Crippen molar-refractivity contribution in [3.63, 3.8) is 0 Å². The van der Waals surface area contributed by atoms with E-state index >= 15 is 0 Å². The summed E-state index contributed by atoms with van der Waals surface area (Å²) in [6.45, 7) is 1.94. The minimum Gasteiger partial charge on any atom is -0.354 e. The third kappa shape index (κ3) is 4.10. The van der Waals surface area contributed by atoms with Gasteiger partial charge in [0.05, 0.1) is 0 Å². The number of sulfonamides is 1. The van der Waals surface area contributed by atoms with Gasteiger partial charge in [0.1, 0.15) is 12.1 Å². The maximum Gasteiger partial charge on any atom is 0.236 e. The molecule has 28 heavy (non-hydrogen) atoms. The van der Waals surface area contributed by atoms with E-state index in [-0.39, 0.29) is 0 Å². The lowest BCUT2D eigenvalue weighted by Crippen LogP contribution is -2.48. The maximum absolute atomic E-state index is 12.6. The molecule has 0 N–H and O–H groups in total. The standard InChI is InChI=1S/C19H20N6O2S/c26-28(27,14-7-17-5-2-1-3-6-17)24-12-10-23(11-13-24)18-15-19(21-16-20-18)25-9-4-8-22-25/h1-9,14-16H,10-13H2/b14-7+. The predicted molar refractivity (Wildman–Crippen MR) is 107 cm³/mol. The number of rotatable bonds is 5. The fourth-order valence-electron chi connectivity index (χ4n) is 3.03. The first-order valence-electron chi connectivity index (χ1n) is 8.92. The normalized spacial score (nSPS) is 15.9. The minimum atomic E-state index is -3.45. The van der Waals surface area contributed by atoms with Crippen LogP contribution in [0, 0.1) is 0 Å². The second kappa shape index (κ2) is 7.91. The number of aromatic nitrogens is 4. The Morgan fingerprint density at radius 2 is 1.68 bits per heavy atom. The third-order valence-corrected chi connectivity index (χ3v) is 6.10. The van der Waals surface area contributed by atoms with Crippen LogP contribution in [0.4, 0.5) is 5.82 Å². The van der Waals surface area contributed by atoms with Crippen molar-refractivity contribution in [2.75, 3.05) is 31.1 Å². The average molecular weight is 396 g/mol. The van der Waals surface area contributed by atoms with Gasteiger partial charge in [-0.2, -0.15) is 9.40 Å². The Morgan fingerprint density at radius 3 is 2.39 bits per heavy atom. The number of hydrogen-bond donors (Lipinski definition) is 0. The number of anilines is 1. The highest BCUT2D eigenvalue weighted by molar-refractivity contribution is 7.92. The molecule has 0 saturated carbocycles. The highest BCUT2D eigenvalue weighted by Gasteiger charge is 2.25. The first-order chi connectivity index (χ1) is 13.6. The molecule has 1 aliphatic rings. The van der Waals surface area contributed by atoms with Gasteiger partial charge in [0.25, 0.3) is 0 Å². The van der Waals surface area contributed by atoms with Crippen molar-refractivity contribution >= 4 is 21.9 Å². The van der Waals surface area contributed by atoms with E-state index in [1.165, 1.54) is 16.0 Å². The van der Waals surface area contributed by atoms with Gasteiger partial charge in [-0.15, -0.1) is 0 Å². The van der Waals surface area contributed by atoms with Gasteiger partial charge in [0.2, 0.25) is 10.0 Å². The Morgan fingerprint density at radius 1 is 0.929 bits per heavy atom. The summed E-state index contributed by atoms with van der Waals surface area (Å²) in [6.07, 6.45) is 6.63. The summed E-state index contributed by atoms with van der Waals surface area (Å²) in [7, 11) is -3.45. The lowest BCUT2D eigenvalue weighted by atomic mass is 10.2. The molecular weight excluding hydrogens is 376 g/mol. The molecule has 3 aromatic rings. The summed E-state index contributed by atoms with van der Waals surface area (Å²) in [6, 6.07) is 13.1. The molecule has 144 valence electrons. The van der Waals surface area contributed by atoms with Gasteiger partial charge in [-0.25, -0.2) is 23.1 Å². The van der Waals surface area contributed by atoms with Crippen LogP contribution >= 0.6 is 0 Å². The summed E-state index contributed by atoms with van der Waals surface area (Å²) < 4.78 is 28.4. The Labute approximate surface area is 163 Å². The SMILES string of the molecule is O=S(=O)(/C=C/c1ccccc1)N1CCN(c2cc(-n3cccn3)ncn2)CC1. The molecule has 0 unspecified atom stereocenters. The van der Waals surface area contributed by atoms with Crippen molar-refractivity contribution < 1.29 is 8.42 Å². The van der Waals surface area contributed by atoms with Crippen LogP contribution in [0.1, 0.15) is 5.56 Å². The van der Waals surface area contributed by atoms with E-state index in [4.69, 9.17) is 0 Å². The Bertz CT molecular complexity index is 1040. The molecule has 0 radical (unpaired) electrons. The van der Waals surface area contributed by atoms with Crippen LogP contribution in [0.3, 0.4) is 0 Å². The fraction of sp³-hybridized carbons (Fsp3) is 0.211. The molecule has 1 aromatic carbocycles. The molecule has 1 saturated heterocycles. The van der Waals surface area contributed by atoms with Gasteiger partial charge in [-0.3, -0.25) is 0 Å². The van der Waals surface area contributed by atoms with E-state index in [2.05, 4.69) is 20.0 Å². The number of nitrogens with zero attached hydrogens (tertiary/aromatic N) is 6. The smallest absolute Gasteiger partial charge is 0.236 e. The van der Waals surface area contributed by atoms with Crippen LogP contribution in [0.15, 0.2) is 66.6 Å². The molecule has 4 rings (SSSR count). The van der Waals surface area contributed by atoms with E-state index in [0.717, 1.165) is 11.4 Å². The zero-order valence-corrected chi connectivity index (χ0v) is 16.0. The highest BCUT2D eigenvalue weighted by Crippen LogP contribution is 2.18. The van der Waals surface area contributed by atoms with Crippen molar-refractivity contribution in [2.45, 2.75) is 0 Å². The van der Waals surface area contributed by atoms with Crippen LogP contribution in [-0.4, -0.2) is 58.7 Å². The molecule has 1 aliphatic heterocycles. The van der Waals surface area contributed by atoms with Crippen molar-refractivity contribution in [2.24, 2.45) is 0 Å². The lowest BCUT2D eigenvalue weighted by Gasteiger charge is -2.34. The van der Waals surface area contributed by atoms with Crippen LogP contribution in [0.2, 0.25) is 0 Å². The van der Waals surface area contributed by atoms with Gasteiger partial charge < -0.3 is 4.90 Å². The molecular formula is C19H20N6O2S. The molecule has 0 spiro atoms. The quantitative estimate of drug-likeness (QED) is 0.654. The second-order valence-electron chi connectivity index (χ2n) is 6.33. The molecule has 9 heteroatoms. The van der Waals surface area contributed by atoms with Gasteiger partial charge in [0.15, 0.2) is 5.82 Å². The first kappa shape index (κ1) is 18.3. The van der Waals surface area contributed by atoms with E-state index < -0.39 is 10.0 Å². The molecule has 0 atom stereocenters. The number of piperazine rings is 1. The van der Waals surface area contributed by atoms with Gasteiger partial charge in [0, 0.05) is 50.0 Å². The van der Waals surface area contributed by atoms with Gasteiger partial charge >= 0.3 is 0 Å². The van der Waals surface area contributed by atoms with Crippen LogP contribution in [0.5, 0.6) is 0 Å². The fourth-order valence-corrected chi connectivity index (χ4v) is 4.20. The summed E-state index contributed by atoms with van der Waals surface area (Å²) >= 11 is 0. The average Bonchev–Trinajstić information content (AvgIpc) is 3.28. The Hall–Kier alpha value is -3.04. The molecule has 3 heterocycles. The maximum atomic E-state index is 12.6. The zero-order valence-electron chi connectivity index (χ0n) is 15.2.